The van der Waals surface area contributed by atoms with Crippen LogP contribution < -0.4 is 10.5 Å². The van der Waals surface area contributed by atoms with E-state index in [4.69, 9.17) is 26.8 Å². The molecule has 1 aromatic carbocycles. The molecule has 3 rings (SSSR count). The lowest BCUT2D eigenvalue weighted by Crippen LogP contribution is -2.58. The normalized spacial score (nSPS) is 19.3. The maximum absolute atomic E-state index is 12.8. The zero-order chi connectivity index (χ0) is 20.1. The van der Waals surface area contributed by atoms with Gasteiger partial charge in [0.05, 0.1) is 25.1 Å². The molecule has 7 nitrogen and oxygen atoms in total. The van der Waals surface area contributed by atoms with Crippen LogP contribution in [0.1, 0.15) is 22.3 Å². The van der Waals surface area contributed by atoms with Crippen LogP contribution in [0.4, 0.5) is 0 Å². The van der Waals surface area contributed by atoms with Crippen LogP contribution in [0.2, 0.25) is 5.02 Å². The lowest BCUT2D eigenvalue weighted by Gasteiger charge is -2.42. The predicted octanol–water partition coefficient (Wildman–Crippen LogP) is 2.21. The van der Waals surface area contributed by atoms with Crippen molar-refractivity contribution in [3.63, 3.8) is 0 Å². The van der Waals surface area contributed by atoms with Gasteiger partial charge in [-0.1, -0.05) is 11.6 Å². The Morgan fingerprint density at radius 1 is 1.39 bits per heavy atom. The summed E-state index contributed by atoms with van der Waals surface area (Å²) < 4.78 is 11.8. The Labute approximate surface area is 168 Å². The van der Waals surface area contributed by atoms with Crippen LogP contribution in [0.5, 0.6) is 5.75 Å². The van der Waals surface area contributed by atoms with E-state index in [1.54, 1.807) is 35.4 Å². The number of morpholine rings is 1. The van der Waals surface area contributed by atoms with Crippen LogP contribution in [-0.4, -0.2) is 53.6 Å². The van der Waals surface area contributed by atoms with Crippen molar-refractivity contribution in [3.05, 3.63) is 58.9 Å². The highest BCUT2D eigenvalue weighted by Crippen LogP contribution is 2.27. The molecule has 0 aliphatic carbocycles. The lowest BCUT2D eigenvalue weighted by atomic mass is 9.97. The molecule has 1 fully saturated rings. The van der Waals surface area contributed by atoms with Crippen molar-refractivity contribution < 1.29 is 19.1 Å². The number of nitrogens with zero attached hydrogens (tertiary/aromatic N) is 2. The number of benzene rings is 1. The minimum atomic E-state index is -1.02. The highest BCUT2D eigenvalue weighted by Gasteiger charge is 2.41. The maximum atomic E-state index is 12.8. The van der Waals surface area contributed by atoms with Gasteiger partial charge in [-0.05, 0) is 42.8 Å². The quantitative estimate of drug-likeness (QED) is 0.797. The number of pyridine rings is 1. The molecule has 2 aromatic rings. The molecule has 2 amide bonds. The third kappa shape index (κ3) is 4.79. The molecule has 0 bridgehead atoms. The van der Waals surface area contributed by atoms with Crippen LogP contribution in [0, 0.1) is 6.92 Å². The van der Waals surface area contributed by atoms with Gasteiger partial charge in [0.2, 0.25) is 5.91 Å². The second kappa shape index (κ2) is 8.58. The molecule has 8 heteroatoms. The number of carbonyl (C=O) groups excluding carboxylic acids is 2. The van der Waals surface area contributed by atoms with Gasteiger partial charge in [-0.25, -0.2) is 0 Å². The first-order valence-corrected chi connectivity index (χ1v) is 9.27. The number of hydrogen-bond donors (Lipinski definition) is 1. The van der Waals surface area contributed by atoms with Crippen LogP contribution >= 0.6 is 11.6 Å². The van der Waals surface area contributed by atoms with E-state index in [1.165, 1.54) is 6.20 Å². The summed E-state index contributed by atoms with van der Waals surface area (Å²) in [6.07, 6.45) is 3.06. The molecule has 1 saturated heterocycles. The van der Waals surface area contributed by atoms with Crippen molar-refractivity contribution in [2.75, 3.05) is 26.3 Å². The minimum Gasteiger partial charge on any atom is -0.490 e. The molecule has 28 heavy (non-hydrogen) atoms. The summed E-state index contributed by atoms with van der Waals surface area (Å²) in [5.74, 6) is -0.0933. The second-order valence-electron chi connectivity index (χ2n) is 6.84. The molecule has 2 N–H and O–H groups in total. The van der Waals surface area contributed by atoms with Gasteiger partial charge in [-0.3, -0.25) is 14.6 Å². The summed E-state index contributed by atoms with van der Waals surface area (Å²) >= 11 is 6.05. The number of aromatic nitrogens is 1. The van der Waals surface area contributed by atoms with Gasteiger partial charge in [-0.2, -0.15) is 0 Å². The first-order chi connectivity index (χ1) is 13.4. The number of amides is 2. The average Bonchev–Trinajstić information content (AvgIpc) is 2.69. The second-order valence-corrected chi connectivity index (χ2v) is 7.25. The molecule has 1 aromatic heterocycles. The SMILES string of the molecule is Cc1cc(OC[C@@]2(CC(N)=O)CN(C(=O)c3cccnc3)CCO2)ccc1Cl. The van der Waals surface area contributed by atoms with Crippen molar-refractivity contribution >= 4 is 23.4 Å². The Kier molecular flexibility index (Phi) is 6.16. The van der Waals surface area contributed by atoms with E-state index in [2.05, 4.69) is 4.98 Å². The summed E-state index contributed by atoms with van der Waals surface area (Å²) in [5, 5.41) is 0.640. The number of carbonyl (C=O) groups is 2. The lowest BCUT2D eigenvalue weighted by molar-refractivity contribution is -0.142. The largest absolute Gasteiger partial charge is 0.490 e. The number of halogens is 1. The molecule has 148 valence electrons. The van der Waals surface area contributed by atoms with Crippen molar-refractivity contribution in [1.82, 2.24) is 9.88 Å². The third-order valence-corrected chi connectivity index (χ3v) is 5.00. The molecular formula is C20H22ClN3O4. The fourth-order valence-corrected chi connectivity index (χ4v) is 3.29. The Hall–Kier alpha value is -2.64. The molecule has 1 aliphatic heterocycles. The van der Waals surface area contributed by atoms with Crippen LogP contribution in [0.25, 0.3) is 0 Å². The van der Waals surface area contributed by atoms with Crippen molar-refractivity contribution in [2.45, 2.75) is 18.9 Å². The fraction of sp³-hybridized carbons (Fsp3) is 0.350. The summed E-state index contributed by atoms with van der Waals surface area (Å²) in [6.45, 7) is 2.83. The number of rotatable bonds is 6. The number of aryl methyl sites for hydroxylation is 1. The third-order valence-electron chi connectivity index (χ3n) is 4.57. The Morgan fingerprint density at radius 2 is 2.21 bits per heavy atom. The van der Waals surface area contributed by atoms with Crippen LogP contribution in [0.3, 0.4) is 0 Å². The number of ether oxygens (including phenoxy) is 2. The molecule has 2 heterocycles. The Balaban J connectivity index is 1.76. The van der Waals surface area contributed by atoms with Crippen molar-refractivity contribution in [1.29, 1.82) is 0 Å². The summed E-state index contributed by atoms with van der Waals surface area (Å²) in [6, 6.07) is 8.70. The van der Waals surface area contributed by atoms with E-state index in [9.17, 15) is 9.59 Å². The van der Waals surface area contributed by atoms with Gasteiger partial charge >= 0.3 is 0 Å². The number of primary amides is 1. The van der Waals surface area contributed by atoms with E-state index in [0.717, 1.165) is 5.56 Å². The fourth-order valence-electron chi connectivity index (χ4n) is 3.17. The molecule has 1 aliphatic rings. The van der Waals surface area contributed by atoms with Crippen molar-refractivity contribution in [2.24, 2.45) is 5.73 Å². The topological polar surface area (TPSA) is 94.8 Å². The monoisotopic (exact) mass is 403 g/mol. The van der Waals surface area contributed by atoms with Crippen LogP contribution in [-0.2, 0) is 9.53 Å². The zero-order valence-electron chi connectivity index (χ0n) is 15.6. The smallest absolute Gasteiger partial charge is 0.255 e. The molecular weight excluding hydrogens is 382 g/mol. The number of hydrogen-bond acceptors (Lipinski definition) is 5. The van der Waals surface area contributed by atoms with E-state index in [0.29, 0.717) is 22.9 Å². The first-order valence-electron chi connectivity index (χ1n) is 8.89. The first kappa shape index (κ1) is 20.1. The molecule has 1 atom stereocenters. The molecule has 0 saturated carbocycles. The summed E-state index contributed by atoms with van der Waals surface area (Å²) in [7, 11) is 0. The Bertz CT molecular complexity index is 862. The van der Waals surface area contributed by atoms with E-state index in [-0.39, 0.29) is 32.1 Å². The van der Waals surface area contributed by atoms with E-state index in [1.807, 2.05) is 13.0 Å². The molecule has 0 spiro atoms. The average molecular weight is 404 g/mol. The molecule has 0 radical (unpaired) electrons. The minimum absolute atomic E-state index is 0.0591. The standard InChI is InChI=1S/C20H22ClN3O4/c1-14-9-16(4-5-17(14)21)27-13-20(10-18(22)25)12-24(7-8-28-20)19(26)15-3-2-6-23-11-15/h2-6,9,11H,7-8,10,12-13H2,1H3,(H2,22,25)/t20-/m1/s1. The Morgan fingerprint density at radius 3 is 2.89 bits per heavy atom. The van der Waals surface area contributed by atoms with Gasteiger partial charge in [-0.15, -0.1) is 0 Å². The summed E-state index contributed by atoms with van der Waals surface area (Å²) in [4.78, 5) is 30.1. The zero-order valence-corrected chi connectivity index (χ0v) is 16.3. The van der Waals surface area contributed by atoms with Gasteiger partial charge in [0.1, 0.15) is 18.0 Å². The number of nitrogens with two attached hydrogens (primary N) is 1. The molecule has 0 unspecified atom stereocenters. The van der Waals surface area contributed by atoms with Gasteiger partial charge in [0.25, 0.3) is 5.91 Å². The highest BCUT2D eigenvalue weighted by molar-refractivity contribution is 6.31. The maximum Gasteiger partial charge on any atom is 0.255 e. The van der Waals surface area contributed by atoms with Gasteiger partial charge in [0, 0.05) is 24.0 Å². The van der Waals surface area contributed by atoms with E-state index >= 15 is 0 Å². The van der Waals surface area contributed by atoms with Gasteiger partial charge < -0.3 is 20.1 Å². The predicted molar refractivity (Wildman–Crippen MR) is 104 cm³/mol. The van der Waals surface area contributed by atoms with Crippen LogP contribution in [0.15, 0.2) is 42.7 Å². The van der Waals surface area contributed by atoms with E-state index < -0.39 is 11.5 Å². The van der Waals surface area contributed by atoms with Gasteiger partial charge in [0.15, 0.2) is 0 Å². The summed E-state index contributed by atoms with van der Waals surface area (Å²) in [5.41, 5.74) is 5.78. The highest BCUT2D eigenvalue weighted by atomic mass is 35.5. The van der Waals surface area contributed by atoms with Crippen molar-refractivity contribution in [3.8, 4) is 5.75 Å².